The van der Waals surface area contributed by atoms with Gasteiger partial charge in [0.25, 0.3) is 0 Å². The van der Waals surface area contributed by atoms with E-state index in [9.17, 15) is 9.18 Å². The van der Waals surface area contributed by atoms with Crippen molar-refractivity contribution in [3.63, 3.8) is 0 Å². The van der Waals surface area contributed by atoms with Gasteiger partial charge in [-0.1, -0.05) is 37.3 Å². The molecule has 25 heavy (non-hydrogen) atoms. The van der Waals surface area contributed by atoms with Crippen LogP contribution >= 0.6 is 0 Å². The van der Waals surface area contributed by atoms with Crippen LogP contribution in [0.5, 0.6) is 0 Å². The zero-order chi connectivity index (χ0) is 18.1. The van der Waals surface area contributed by atoms with Crippen molar-refractivity contribution in [2.24, 2.45) is 5.84 Å². The molecule has 5 heteroatoms. The number of halogens is 1. The number of hydrazine groups is 1. The van der Waals surface area contributed by atoms with Gasteiger partial charge in [-0.15, -0.1) is 0 Å². The van der Waals surface area contributed by atoms with Crippen LogP contribution in [0.15, 0.2) is 48.5 Å². The zero-order valence-electron chi connectivity index (χ0n) is 14.7. The van der Waals surface area contributed by atoms with Crippen LogP contribution in [0.4, 0.5) is 10.1 Å². The molecule has 0 atom stereocenters. The quantitative estimate of drug-likeness (QED) is 0.314. The third-order valence-corrected chi connectivity index (χ3v) is 4.09. The van der Waals surface area contributed by atoms with Gasteiger partial charge in [-0.05, 0) is 48.6 Å². The molecule has 4 nitrogen and oxygen atoms in total. The Bertz CT molecular complexity index is 673. The van der Waals surface area contributed by atoms with E-state index in [0.29, 0.717) is 13.0 Å². The van der Waals surface area contributed by atoms with E-state index >= 15 is 0 Å². The summed E-state index contributed by atoms with van der Waals surface area (Å²) in [5.41, 5.74) is 2.80. The molecule has 0 bridgehead atoms. The smallest absolute Gasteiger partial charge is 0.236 e. The Morgan fingerprint density at radius 2 is 1.84 bits per heavy atom. The molecule has 134 valence electrons. The second kappa shape index (κ2) is 9.79. The summed E-state index contributed by atoms with van der Waals surface area (Å²) < 4.78 is 13.5. The number of hydrogen-bond donors (Lipinski definition) is 2. The number of nitrogens with two attached hydrogens (primary N) is 1. The lowest BCUT2D eigenvalue weighted by atomic mass is 10.1. The molecule has 0 aliphatic carbocycles. The molecule has 0 saturated heterocycles. The van der Waals surface area contributed by atoms with Crippen LogP contribution in [0.1, 0.15) is 37.3 Å². The molecule has 0 saturated carbocycles. The van der Waals surface area contributed by atoms with Gasteiger partial charge >= 0.3 is 0 Å². The third kappa shape index (κ3) is 6.19. The van der Waals surface area contributed by atoms with Gasteiger partial charge in [0.2, 0.25) is 5.91 Å². The number of amides is 1. The molecule has 0 spiro atoms. The largest absolute Gasteiger partial charge is 0.385 e. The first-order valence-electron chi connectivity index (χ1n) is 8.71. The van der Waals surface area contributed by atoms with E-state index in [2.05, 4.69) is 5.32 Å². The van der Waals surface area contributed by atoms with E-state index in [1.807, 2.05) is 36.4 Å². The molecule has 0 radical (unpaired) electrons. The molecule has 1 amide bonds. The molecule has 2 aromatic rings. The highest BCUT2D eigenvalue weighted by atomic mass is 19.1. The lowest BCUT2D eigenvalue weighted by Crippen LogP contribution is -2.36. The van der Waals surface area contributed by atoms with Crippen LogP contribution in [0, 0.1) is 5.82 Å². The fourth-order valence-corrected chi connectivity index (χ4v) is 2.59. The summed E-state index contributed by atoms with van der Waals surface area (Å²) in [5.74, 6) is 5.52. The number of carbonyl (C=O) groups is 1. The fourth-order valence-electron chi connectivity index (χ4n) is 2.59. The maximum atomic E-state index is 13.5. The summed E-state index contributed by atoms with van der Waals surface area (Å²) >= 11 is 0. The average Bonchev–Trinajstić information content (AvgIpc) is 2.63. The van der Waals surface area contributed by atoms with Crippen LogP contribution in [0.3, 0.4) is 0 Å². The SMILES string of the molecule is CCC(=O)N(N)Cc1ccc(NCCCCc2ccccc2F)cc1. The number of anilines is 1. The number of aryl methyl sites for hydroxylation is 1. The fraction of sp³-hybridized carbons (Fsp3) is 0.350. The maximum Gasteiger partial charge on any atom is 0.236 e. The molecule has 0 fully saturated rings. The van der Waals surface area contributed by atoms with Crippen LogP contribution in [0.25, 0.3) is 0 Å². The topological polar surface area (TPSA) is 58.4 Å². The first-order chi connectivity index (χ1) is 12.1. The van der Waals surface area contributed by atoms with Crippen molar-refractivity contribution in [3.05, 3.63) is 65.5 Å². The van der Waals surface area contributed by atoms with Gasteiger partial charge in [-0.25, -0.2) is 10.2 Å². The van der Waals surface area contributed by atoms with Crippen molar-refractivity contribution >= 4 is 11.6 Å². The number of carbonyl (C=O) groups excluding carboxylic acids is 1. The number of benzene rings is 2. The number of nitrogens with one attached hydrogen (secondary N) is 1. The Morgan fingerprint density at radius 1 is 1.12 bits per heavy atom. The van der Waals surface area contributed by atoms with E-state index in [0.717, 1.165) is 42.6 Å². The highest BCUT2D eigenvalue weighted by Gasteiger charge is 2.07. The molecular weight excluding hydrogens is 317 g/mol. The molecular formula is C20H26FN3O. The van der Waals surface area contributed by atoms with E-state index in [4.69, 9.17) is 5.84 Å². The van der Waals surface area contributed by atoms with E-state index < -0.39 is 0 Å². The minimum atomic E-state index is -0.124. The van der Waals surface area contributed by atoms with Crippen molar-refractivity contribution in [3.8, 4) is 0 Å². The lowest BCUT2D eigenvalue weighted by molar-refractivity contribution is -0.131. The van der Waals surface area contributed by atoms with Crippen molar-refractivity contribution < 1.29 is 9.18 Å². The Hall–Kier alpha value is -2.40. The highest BCUT2D eigenvalue weighted by molar-refractivity contribution is 5.75. The Morgan fingerprint density at radius 3 is 2.52 bits per heavy atom. The molecule has 0 aromatic heterocycles. The van der Waals surface area contributed by atoms with Gasteiger partial charge in [-0.3, -0.25) is 9.80 Å². The monoisotopic (exact) mass is 343 g/mol. The zero-order valence-corrected chi connectivity index (χ0v) is 14.7. The molecule has 0 unspecified atom stereocenters. The molecule has 0 aliphatic rings. The maximum absolute atomic E-state index is 13.5. The van der Waals surface area contributed by atoms with Crippen molar-refractivity contribution in [2.75, 3.05) is 11.9 Å². The normalized spacial score (nSPS) is 10.5. The molecule has 0 heterocycles. The van der Waals surface area contributed by atoms with E-state index in [1.165, 1.54) is 11.1 Å². The van der Waals surface area contributed by atoms with Crippen molar-refractivity contribution in [1.29, 1.82) is 0 Å². The van der Waals surface area contributed by atoms with Crippen LogP contribution in [-0.4, -0.2) is 17.5 Å². The first kappa shape index (κ1) is 18.9. The van der Waals surface area contributed by atoms with Crippen LogP contribution in [-0.2, 0) is 17.8 Å². The Balaban J connectivity index is 1.69. The second-order valence-corrected chi connectivity index (χ2v) is 6.05. The Kier molecular flexibility index (Phi) is 7.41. The minimum Gasteiger partial charge on any atom is -0.385 e. The van der Waals surface area contributed by atoms with Gasteiger partial charge in [0, 0.05) is 18.7 Å². The summed E-state index contributed by atoms with van der Waals surface area (Å²) in [6.07, 6.45) is 3.07. The summed E-state index contributed by atoms with van der Waals surface area (Å²) in [7, 11) is 0. The molecule has 0 aliphatic heterocycles. The minimum absolute atomic E-state index is 0.0722. The summed E-state index contributed by atoms with van der Waals surface area (Å²) in [4.78, 5) is 11.5. The summed E-state index contributed by atoms with van der Waals surface area (Å²) in [5, 5.41) is 4.60. The average molecular weight is 343 g/mol. The summed E-state index contributed by atoms with van der Waals surface area (Å²) in [6.45, 7) is 3.04. The predicted octanol–water partition coefficient (Wildman–Crippen LogP) is 3.87. The van der Waals surface area contributed by atoms with E-state index in [1.54, 1.807) is 13.0 Å². The van der Waals surface area contributed by atoms with Gasteiger partial charge in [-0.2, -0.15) is 0 Å². The van der Waals surface area contributed by atoms with Crippen LogP contribution in [0.2, 0.25) is 0 Å². The molecule has 2 rings (SSSR count). The molecule has 2 aromatic carbocycles. The standard InChI is InChI=1S/C20H26FN3O/c1-2-20(25)24(22)15-16-10-12-18(13-11-16)23-14-6-5-8-17-7-3-4-9-19(17)21/h3-4,7,9-13,23H,2,5-6,8,14-15,22H2,1H3. The first-order valence-corrected chi connectivity index (χ1v) is 8.71. The van der Waals surface area contributed by atoms with Gasteiger partial charge in [0.1, 0.15) is 5.82 Å². The van der Waals surface area contributed by atoms with Crippen LogP contribution < -0.4 is 11.2 Å². The van der Waals surface area contributed by atoms with Crippen molar-refractivity contribution in [2.45, 2.75) is 39.2 Å². The van der Waals surface area contributed by atoms with Gasteiger partial charge in [0.15, 0.2) is 0 Å². The van der Waals surface area contributed by atoms with Crippen molar-refractivity contribution in [1.82, 2.24) is 5.01 Å². The predicted molar refractivity (Wildman–Crippen MR) is 99.3 cm³/mol. The molecule has 3 N–H and O–H groups in total. The number of nitrogens with zero attached hydrogens (tertiary/aromatic N) is 1. The Labute approximate surface area is 148 Å². The number of unbranched alkanes of at least 4 members (excludes halogenated alkanes) is 1. The number of hydrogen-bond acceptors (Lipinski definition) is 3. The van der Waals surface area contributed by atoms with Gasteiger partial charge < -0.3 is 5.32 Å². The van der Waals surface area contributed by atoms with E-state index in [-0.39, 0.29) is 11.7 Å². The second-order valence-electron chi connectivity index (χ2n) is 6.05. The third-order valence-electron chi connectivity index (χ3n) is 4.09. The highest BCUT2D eigenvalue weighted by Crippen LogP contribution is 2.13. The summed E-state index contributed by atoms with van der Waals surface area (Å²) in [6, 6.07) is 14.8. The lowest BCUT2D eigenvalue weighted by Gasteiger charge is -2.16. The number of rotatable bonds is 9. The van der Waals surface area contributed by atoms with Gasteiger partial charge in [0.05, 0.1) is 6.54 Å².